The Morgan fingerprint density at radius 1 is 1.25 bits per heavy atom. The molecular weight excluding hydrogens is 304 g/mol. The number of hydrogen-bond acceptors (Lipinski definition) is 4. The highest BCUT2D eigenvalue weighted by atomic mass is 16.5. The van der Waals surface area contributed by atoms with Crippen LogP contribution in [0.1, 0.15) is 12.8 Å². The quantitative estimate of drug-likeness (QED) is 0.670. The van der Waals surface area contributed by atoms with E-state index in [4.69, 9.17) is 9.47 Å². The standard InChI is InChI=1S/C18H28N4O2/c1-19-18(20-14-17-4-3-13-24-17)22-11-9-21(10-12-22)15-5-7-16(23-2)8-6-15/h5-8,17H,3-4,9-14H2,1-2H3,(H,19,20). The summed E-state index contributed by atoms with van der Waals surface area (Å²) in [6.45, 7) is 5.67. The molecule has 2 fully saturated rings. The van der Waals surface area contributed by atoms with Crippen molar-refractivity contribution in [3.63, 3.8) is 0 Å². The Morgan fingerprint density at radius 2 is 2.00 bits per heavy atom. The minimum atomic E-state index is 0.335. The minimum absolute atomic E-state index is 0.335. The van der Waals surface area contributed by atoms with Gasteiger partial charge in [0.15, 0.2) is 5.96 Å². The van der Waals surface area contributed by atoms with Crippen LogP contribution in [0.4, 0.5) is 5.69 Å². The Balaban J connectivity index is 1.49. The average molecular weight is 332 g/mol. The van der Waals surface area contributed by atoms with Crippen molar-refractivity contribution in [3.8, 4) is 5.75 Å². The van der Waals surface area contributed by atoms with Crippen molar-refractivity contribution >= 4 is 11.6 Å². The molecule has 1 aromatic carbocycles. The molecule has 2 heterocycles. The maximum Gasteiger partial charge on any atom is 0.193 e. The zero-order valence-corrected chi connectivity index (χ0v) is 14.7. The van der Waals surface area contributed by atoms with E-state index < -0.39 is 0 Å². The lowest BCUT2D eigenvalue weighted by Gasteiger charge is -2.37. The highest BCUT2D eigenvalue weighted by Gasteiger charge is 2.21. The van der Waals surface area contributed by atoms with Crippen molar-refractivity contribution < 1.29 is 9.47 Å². The first-order valence-corrected chi connectivity index (χ1v) is 8.76. The average Bonchev–Trinajstić information content (AvgIpc) is 3.16. The van der Waals surface area contributed by atoms with Crippen LogP contribution in [-0.2, 0) is 4.74 Å². The first-order valence-electron chi connectivity index (χ1n) is 8.76. The van der Waals surface area contributed by atoms with Gasteiger partial charge in [-0.1, -0.05) is 0 Å². The molecule has 6 heteroatoms. The van der Waals surface area contributed by atoms with E-state index in [2.05, 4.69) is 32.2 Å². The Bertz CT molecular complexity index is 532. The van der Waals surface area contributed by atoms with E-state index in [-0.39, 0.29) is 0 Å². The van der Waals surface area contributed by atoms with E-state index >= 15 is 0 Å². The Labute approximate surface area is 144 Å². The summed E-state index contributed by atoms with van der Waals surface area (Å²) in [5.74, 6) is 1.89. The Hall–Kier alpha value is -1.95. The molecule has 1 N–H and O–H groups in total. The van der Waals surface area contributed by atoms with Crippen molar-refractivity contribution in [2.45, 2.75) is 18.9 Å². The van der Waals surface area contributed by atoms with E-state index in [0.29, 0.717) is 6.10 Å². The van der Waals surface area contributed by atoms with Gasteiger partial charge in [0.05, 0.1) is 13.2 Å². The number of nitrogens with one attached hydrogen (secondary N) is 1. The lowest BCUT2D eigenvalue weighted by atomic mass is 10.2. The number of hydrogen-bond donors (Lipinski definition) is 1. The summed E-state index contributed by atoms with van der Waals surface area (Å²) in [7, 11) is 3.55. The molecule has 0 amide bonds. The van der Waals surface area contributed by atoms with Crippen LogP contribution >= 0.6 is 0 Å². The summed E-state index contributed by atoms with van der Waals surface area (Å²) < 4.78 is 10.9. The van der Waals surface area contributed by atoms with Gasteiger partial charge in [-0.2, -0.15) is 0 Å². The van der Waals surface area contributed by atoms with Gasteiger partial charge in [-0.25, -0.2) is 0 Å². The lowest BCUT2D eigenvalue weighted by molar-refractivity contribution is 0.113. The molecule has 0 aliphatic carbocycles. The van der Waals surface area contributed by atoms with E-state index in [1.165, 1.54) is 12.1 Å². The minimum Gasteiger partial charge on any atom is -0.497 e. The molecule has 1 atom stereocenters. The maximum absolute atomic E-state index is 5.67. The van der Waals surface area contributed by atoms with E-state index in [9.17, 15) is 0 Å². The first-order chi connectivity index (χ1) is 11.8. The third-order valence-corrected chi connectivity index (χ3v) is 4.74. The first kappa shape index (κ1) is 16.9. The van der Waals surface area contributed by atoms with Gasteiger partial charge in [0.25, 0.3) is 0 Å². The molecular formula is C18H28N4O2. The maximum atomic E-state index is 5.67. The largest absolute Gasteiger partial charge is 0.497 e. The molecule has 24 heavy (non-hydrogen) atoms. The number of anilines is 1. The normalized spacial score (nSPS) is 21.9. The van der Waals surface area contributed by atoms with Gasteiger partial charge in [0.1, 0.15) is 5.75 Å². The van der Waals surface area contributed by atoms with Gasteiger partial charge in [-0.3, -0.25) is 4.99 Å². The van der Waals surface area contributed by atoms with E-state index in [1.807, 2.05) is 19.2 Å². The molecule has 2 aliphatic heterocycles. The monoisotopic (exact) mass is 332 g/mol. The van der Waals surface area contributed by atoms with Crippen LogP contribution in [0.3, 0.4) is 0 Å². The Morgan fingerprint density at radius 3 is 2.58 bits per heavy atom. The van der Waals surface area contributed by atoms with Crippen LogP contribution in [0.2, 0.25) is 0 Å². The third kappa shape index (κ3) is 4.12. The summed E-state index contributed by atoms with van der Waals surface area (Å²) in [5.41, 5.74) is 1.25. The number of rotatable bonds is 4. The van der Waals surface area contributed by atoms with Crippen LogP contribution in [-0.4, -0.2) is 70.5 Å². The zero-order valence-electron chi connectivity index (χ0n) is 14.7. The number of benzene rings is 1. The smallest absolute Gasteiger partial charge is 0.193 e. The predicted octanol–water partition coefficient (Wildman–Crippen LogP) is 1.57. The van der Waals surface area contributed by atoms with Crippen molar-refractivity contribution in [2.24, 2.45) is 4.99 Å². The molecule has 2 aliphatic rings. The second kappa shape index (κ2) is 8.24. The molecule has 0 bridgehead atoms. The highest BCUT2D eigenvalue weighted by Crippen LogP contribution is 2.20. The summed E-state index contributed by atoms with van der Waals surface area (Å²) in [6, 6.07) is 8.28. The second-order valence-electron chi connectivity index (χ2n) is 6.24. The zero-order chi connectivity index (χ0) is 16.8. The topological polar surface area (TPSA) is 49.3 Å². The number of nitrogens with zero attached hydrogens (tertiary/aromatic N) is 3. The molecule has 0 radical (unpaired) electrons. The van der Waals surface area contributed by atoms with Gasteiger partial charge in [-0.05, 0) is 37.1 Å². The van der Waals surface area contributed by atoms with Crippen LogP contribution in [0.25, 0.3) is 0 Å². The fourth-order valence-corrected chi connectivity index (χ4v) is 3.31. The fraction of sp³-hybridized carbons (Fsp3) is 0.611. The van der Waals surface area contributed by atoms with Crippen LogP contribution in [0, 0.1) is 0 Å². The number of ether oxygens (including phenoxy) is 2. The summed E-state index contributed by atoms with van der Waals surface area (Å²) in [6.07, 6.45) is 2.66. The predicted molar refractivity (Wildman–Crippen MR) is 97.1 cm³/mol. The van der Waals surface area contributed by atoms with E-state index in [1.54, 1.807) is 7.11 Å². The second-order valence-corrected chi connectivity index (χ2v) is 6.24. The van der Waals surface area contributed by atoms with Gasteiger partial charge >= 0.3 is 0 Å². The van der Waals surface area contributed by atoms with Crippen molar-refractivity contribution in [3.05, 3.63) is 24.3 Å². The molecule has 0 saturated carbocycles. The molecule has 1 aromatic rings. The van der Waals surface area contributed by atoms with Crippen molar-refractivity contribution in [2.75, 3.05) is 58.4 Å². The van der Waals surface area contributed by atoms with Gasteiger partial charge in [0, 0.05) is 52.1 Å². The van der Waals surface area contributed by atoms with E-state index in [0.717, 1.165) is 57.5 Å². The van der Waals surface area contributed by atoms with Gasteiger partial charge in [0.2, 0.25) is 0 Å². The summed E-state index contributed by atoms with van der Waals surface area (Å²) in [4.78, 5) is 9.17. The summed E-state index contributed by atoms with van der Waals surface area (Å²) in [5, 5.41) is 3.47. The SMILES string of the molecule is CN=C(NCC1CCCO1)N1CCN(c2ccc(OC)cc2)CC1. The van der Waals surface area contributed by atoms with Crippen LogP contribution in [0.5, 0.6) is 5.75 Å². The number of piperazine rings is 1. The van der Waals surface area contributed by atoms with Crippen molar-refractivity contribution in [1.29, 1.82) is 0 Å². The molecule has 3 rings (SSSR count). The third-order valence-electron chi connectivity index (χ3n) is 4.74. The van der Waals surface area contributed by atoms with Crippen LogP contribution < -0.4 is 15.0 Å². The molecule has 0 aromatic heterocycles. The number of methoxy groups -OCH3 is 1. The molecule has 2 saturated heterocycles. The lowest BCUT2D eigenvalue weighted by Crippen LogP contribution is -2.53. The fourth-order valence-electron chi connectivity index (χ4n) is 3.31. The van der Waals surface area contributed by atoms with Gasteiger partial charge < -0.3 is 24.6 Å². The molecule has 0 spiro atoms. The molecule has 6 nitrogen and oxygen atoms in total. The molecule has 1 unspecified atom stereocenters. The van der Waals surface area contributed by atoms with Gasteiger partial charge in [-0.15, -0.1) is 0 Å². The highest BCUT2D eigenvalue weighted by molar-refractivity contribution is 5.80. The van der Waals surface area contributed by atoms with Crippen molar-refractivity contribution in [1.82, 2.24) is 10.2 Å². The Kier molecular flexibility index (Phi) is 5.80. The van der Waals surface area contributed by atoms with Crippen LogP contribution in [0.15, 0.2) is 29.3 Å². The number of aliphatic imine (C=N–C) groups is 1. The molecule has 132 valence electrons. The summed E-state index contributed by atoms with van der Waals surface area (Å²) >= 11 is 0. The number of guanidine groups is 1.